The van der Waals surface area contributed by atoms with Gasteiger partial charge in [-0.3, -0.25) is 15.1 Å². The summed E-state index contributed by atoms with van der Waals surface area (Å²) in [5.74, 6) is 0.451. The zero-order valence-corrected chi connectivity index (χ0v) is 11.3. The predicted octanol–water partition coefficient (Wildman–Crippen LogP) is 3.25. The molecule has 0 unspecified atom stereocenters. The van der Waals surface area contributed by atoms with Crippen LogP contribution in [0.2, 0.25) is 0 Å². The number of pyridine rings is 2. The number of nitrogens with one attached hydrogen (secondary N) is 1. The van der Waals surface area contributed by atoms with E-state index >= 15 is 0 Å². The van der Waals surface area contributed by atoms with E-state index in [-0.39, 0.29) is 5.69 Å². The Morgan fingerprint density at radius 2 is 2.00 bits per heavy atom. The fourth-order valence-electron chi connectivity index (χ4n) is 2.21. The first-order chi connectivity index (χ1) is 10.2. The zero-order valence-electron chi connectivity index (χ0n) is 11.3. The second-order valence-electron chi connectivity index (χ2n) is 4.51. The summed E-state index contributed by atoms with van der Waals surface area (Å²) in [6, 6.07) is 10.6. The topological polar surface area (TPSA) is 81.0 Å². The molecule has 104 valence electrons. The van der Waals surface area contributed by atoms with Crippen LogP contribution in [0.4, 0.5) is 11.5 Å². The molecule has 0 spiro atoms. The molecule has 0 fully saturated rings. The number of nitro groups is 1. The fourth-order valence-corrected chi connectivity index (χ4v) is 2.21. The summed E-state index contributed by atoms with van der Waals surface area (Å²) >= 11 is 0. The van der Waals surface area contributed by atoms with E-state index in [1.165, 1.54) is 12.1 Å². The van der Waals surface area contributed by atoms with Crippen LogP contribution in [-0.2, 0) is 0 Å². The van der Waals surface area contributed by atoms with Crippen LogP contribution in [-0.4, -0.2) is 21.9 Å². The third-order valence-electron chi connectivity index (χ3n) is 3.22. The third kappa shape index (κ3) is 2.38. The number of rotatable bonds is 3. The summed E-state index contributed by atoms with van der Waals surface area (Å²) in [5, 5.41) is 15.8. The molecule has 21 heavy (non-hydrogen) atoms. The summed E-state index contributed by atoms with van der Waals surface area (Å²) in [6.45, 7) is 0. The van der Waals surface area contributed by atoms with Crippen molar-refractivity contribution in [3.63, 3.8) is 0 Å². The number of hydrogen-bond acceptors (Lipinski definition) is 5. The maximum atomic E-state index is 11.1. The van der Waals surface area contributed by atoms with E-state index in [2.05, 4.69) is 15.3 Å². The Labute approximate surface area is 120 Å². The summed E-state index contributed by atoms with van der Waals surface area (Å²) in [6.07, 6.45) is 3.43. The van der Waals surface area contributed by atoms with Gasteiger partial charge in [0.05, 0.1) is 16.7 Å². The molecule has 3 rings (SSSR count). The van der Waals surface area contributed by atoms with E-state index in [1.807, 2.05) is 24.3 Å². The molecule has 0 amide bonds. The molecule has 3 aromatic rings. The van der Waals surface area contributed by atoms with Gasteiger partial charge in [-0.25, -0.2) is 4.98 Å². The van der Waals surface area contributed by atoms with Crippen molar-refractivity contribution in [1.82, 2.24) is 9.97 Å². The smallest absolute Gasteiger partial charge is 0.275 e. The highest BCUT2D eigenvalue weighted by Gasteiger charge is 2.13. The molecule has 0 saturated heterocycles. The minimum atomic E-state index is -0.426. The maximum Gasteiger partial charge on any atom is 0.275 e. The first-order valence-electron chi connectivity index (χ1n) is 6.36. The Kier molecular flexibility index (Phi) is 3.19. The highest BCUT2D eigenvalue weighted by Crippen LogP contribution is 2.29. The van der Waals surface area contributed by atoms with E-state index in [1.54, 1.807) is 19.4 Å². The standard InChI is InChI=1S/C15H12N4O2/c1-16-15-7-11(19(20)21)6-14(18-15)13-9-17-8-10-4-2-3-5-12(10)13/h2-9H,1H3,(H,16,18). The minimum absolute atomic E-state index is 0.00251. The van der Waals surface area contributed by atoms with Gasteiger partial charge in [0.2, 0.25) is 0 Å². The van der Waals surface area contributed by atoms with Crippen molar-refractivity contribution in [1.29, 1.82) is 0 Å². The monoisotopic (exact) mass is 280 g/mol. The average Bonchev–Trinajstić information content (AvgIpc) is 2.53. The lowest BCUT2D eigenvalue weighted by Crippen LogP contribution is -1.98. The van der Waals surface area contributed by atoms with Gasteiger partial charge in [-0.15, -0.1) is 0 Å². The highest BCUT2D eigenvalue weighted by molar-refractivity contribution is 5.95. The van der Waals surface area contributed by atoms with Crippen molar-refractivity contribution in [3.8, 4) is 11.3 Å². The van der Waals surface area contributed by atoms with Crippen LogP contribution in [0.15, 0.2) is 48.8 Å². The van der Waals surface area contributed by atoms with Crippen LogP contribution in [0.25, 0.3) is 22.0 Å². The molecule has 6 heteroatoms. The normalized spacial score (nSPS) is 10.5. The first-order valence-corrected chi connectivity index (χ1v) is 6.36. The Balaban J connectivity index is 2.27. The molecule has 0 aliphatic rings. The summed E-state index contributed by atoms with van der Waals surface area (Å²) in [4.78, 5) is 19.2. The molecular formula is C15H12N4O2. The molecule has 0 radical (unpaired) electrons. The van der Waals surface area contributed by atoms with E-state index in [0.717, 1.165) is 16.3 Å². The molecule has 6 nitrogen and oxygen atoms in total. The Morgan fingerprint density at radius 1 is 1.19 bits per heavy atom. The van der Waals surface area contributed by atoms with Gasteiger partial charge < -0.3 is 5.32 Å². The van der Waals surface area contributed by atoms with Crippen LogP contribution < -0.4 is 5.32 Å². The van der Waals surface area contributed by atoms with Crippen LogP contribution in [0, 0.1) is 10.1 Å². The molecule has 2 heterocycles. The summed E-state index contributed by atoms with van der Waals surface area (Å²) in [7, 11) is 1.68. The van der Waals surface area contributed by atoms with Crippen LogP contribution in [0.1, 0.15) is 0 Å². The number of anilines is 1. The number of aromatic nitrogens is 2. The van der Waals surface area contributed by atoms with Gasteiger partial charge in [0.1, 0.15) is 5.82 Å². The maximum absolute atomic E-state index is 11.1. The highest BCUT2D eigenvalue weighted by atomic mass is 16.6. The van der Waals surface area contributed by atoms with Gasteiger partial charge in [-0.05, 0) is 5.39 Å². The molecule has 1 N–H and O–H groups in total. The molecule has 0 aliphatic carbocycles. The van der Waals surface area contributed by atoms with Gasteiger partial charge in [-0.2, -0.15) is 0 Å². The van der Waals surface area contributed by atoms with E-state index in [4.69, 9.17) is 0 Å². The fraction of sp³-hybridized carbons (Fsp3) is 0.0667. The Bertz CT molecular complexity index is 828. The van der Waals surface area contributed by atoms with Crippen molar-refractivity contribution in [3.05, 3.63) is 58.9 Å². The lowest BCUT2D eigenvalue weighted by molar-refractivity contribution is -0.384. The van der Waals surface area contributed by atoms with Crippen molar-refractivity contribution < 1.29 is 4.92 Å². The Morgan fingerprint density at radius 3 is 2.76 bits per heavy atom. The molecule has 0 atom stereocenters. The van der Waals surface area contributed by atoms with Gasteiger partial charge >= 0.3 is 0 Å². The average molecular weight is 280 g/mol. The first kappa shape index (κ1) is 13.0. The van der Waals surface area contributed by atoms with Gasteiger partial charge in [0, 0.05) is 36.5 Å². The number of fused-ring (bicyclic) bond motifs is 1. The SMILES string of the molecule is CNc1cc([N+](=O)[O-])cc(-c2cncc3ccccc23)n1. The van der Waals surface area contributed by atoms with Gasteiger partial charge in [0.25, 0.3) is 5.69 Å². The zero-order chi connectivity index (χ0) is 14.8. The van der Waals surface area contributed by atoms with E-state index in [0.29, 0.717) is 11.5 Å². The summed E-state index contributed by atoms with van der Waals surface area (Å²) in [5.41, 5.74) is 1.29. The Hall–Kier alpha value is -3.02. The number of benzene rings is 1. The van der Waals surface area contributed by atoms with Crippen LogP contribution >= 0.6 is 0 Å². The van der Waals surface area contributed by atoms with Crippen LogP contribution in [0.5, 0.6) is 0 Å². The minimum Gasteiger partial charge on any atom is -0.373 e. The number of nitrogens with zero attached hydrogens (tertiary/aromatic N) is 3. The number of hydrogen-bond donors (Lipinski definition) is 1. The van der Waals surface area contributed by atoms with E-state index < -0.39 is 4.92 Å². The molecule has 0 bridgehead atoms. The van der Waals surface area contributed by atoms with Crippen molar-refractivity contribution in [2.24, 2.45) is 0 Å². The van der Waals surface area contributed by atoms with Crippen molar-refractivity contribution >= 4 is 22.3 Å². The van der Waals surface area contributed by atoms with E-state index in [9.17, 15) is 10.1 Å². The second kappa shape index (κ2) is 5.16. The lowest BCUT2D eigenvalue weighted by atomic mass is 10.0. The second-order valence-corrected chi connectivity index (χ2v) is 4.51. The third-order valence-corrected chi connectivity index (χ3v) is 3.22. The molecular weight excluding hydrogens is 268 g/mol. The molecule has 1 aromatic carbocycles. The van der Waals surface area contributed by atoms with Crippen LogP contribution in [0.3, 0.4) is 0 Å². The van der Waals surface area contributed by atoms with Gasteiger partial charge in [0.15, 0.2) is 0 Å². The van der Waals surface area contributed by atoms with Crippen molar-refractivity contribution in [2.45, 2.75) is 0 Å². The lowest BCUT2D eigenvalue weighted by Gasteiger charge is -2.07. The predicted molar refractivity (Wildman–Crippen MR) is 81.2 cm³/mol. The molecule has 0 aliphatic heterocycles. The molecule has 2 aromatic heterocycles. The quantitative estimate of drug-likeness (QED) is 0.588. The summed E-state index contributed by atoms with van der Waals surface area (Å²) < 4.78 is 0. The largest absolute Gasteiger partial charge is 0.373 e. The van der Waals surface area contributed by atoms with Gasteiger partial charge in [-0.1, -0.05) is 24.3 Å². The molecule has 0 saturated carbocycles. The van der Waals surface area contributed by atoms with Crippen molar-refractivity contribution in [2.75, 3.05) is 12.4 Å².